The van der Waals surface area contributed by atoms with Gasteiger partial charge in [-0.3, -0.25) is 0 Å². The predicted molar refractivity (Wildman–Crippen MR) is 58.4 cm³/mol. The highest BCUT2D eigenvalue weighted by Gasteiger charge is 2.32. The van der Waals surface area contributed by atoms with Crippen molar-refractivity contribution in [2.45, 2.75) is 6.36 Å². The molecule has 0 spiro atoms. The zero-order valence-electron chi connectivity index (χ0n) is 9.67. The van der Waals surface area contributed by atoms with E-state index in [-0.39, 0.29) is 0 Å². The third-order valence-corrected chi connectivity index (χ3v) is 2.15. The lowest BCUT2D eigenvalue weighted by atomic mass is 10.3. The van der Waals surface area contributed by atoms with Gasteiger partial charge in [-0.05, 0) is 30.3 Å². The number of ether oxygens (including phenoxy) is 2. The molecule has 1 radical (unpaired) electrons. The highest BCUT2D eigenvalue weighted by atomic mass is 19.4. The molecule has 2 aromatic rings. The number of benzene rings is 2. The lowest BCUT2D eigenvalue weighted by molar-refractivity contribution is -0.275. The van der Waals surface area contributed by atoms with Crippen molar-refractivity contribution in [3.8, 4) is 17.2 Å². The van der Waals surface area contributed by atoms with E-state index < -0.39 is 35.2 Å². The molecule has 0 N–H and O–H groups in total. The van der Waals surface area contributed by atoms with Gasteiger partial charge in [-0.1, -0.05) is 12.1 Å². The van der Waals surface area contributed by atoms with E-state index in [1.165, 1.54) is 6.07 Å². The molecule has 2 aromatic carbocycles. The summed E-state index contributed by atoms with van der Waals surface area (Å²) in [5.74, 6) is -4.15. The molecular weight excluding hydrogens is 283 g/mol. The van der Waals surface area contributed by atoms with Crippen LogP contribution in [0.5, 0.6) is 17.2 Å². The standard InChI is InChI=1S/C13H6F5O2/c14-8-4-3-7-11(12(8)15)19-9-5-1-2-6-10(9)20-13(16,17)18/h1,3-7H. The first-order valence-corrected chi connectivity index (χ1v) is 5.24. The van der Waals surface area contributed by atoms with Gasteiger partial charge < -0.3 is 9.47 Å². The van der Waals surface area contributed by atoms with Gasteiger partial charge in [0.25, 0.3) is 0 Å². The van der Waals surface area contributed by atoms with E-state index in [1.807, 2.05) is 0 Å². The van der Waals surface area contributed by atoms with E-state index in [1.54, 1.807) is 0 Å². The van der Waals surface area contributed by atoms with E-state index in [0.717, 1.165) is 30.3 Å². The highest BCUT2D eigenvalue weighted by Crippen LogP contribution is 2.35. The van der Waals surface area contributed by atoms with E-state index in [2.05, 4.69) is 10.8 Å². The van der Waals surface area contributed by atoms with Crippen LogP contribution in [0.2, 0.25) is 0 Å². The van der Waals surface area contributed by atoms with Crippen LogP contribution in [0.15, 0.2) is 36.4 Å². The van der Waals surface area contributed by atoms with Crippen LogP contribution >= 0.6 is 0 Å². The Labute approximate surface area is 110 Å². The minimum atomic E-state index is -4.94. The Morgan fingerprint density at radius 3 is 2.40 bits per heavy atom. The van der Waals surface area contributed by atoms with Gasteiger partial charge in [0.2, 0.25) is 5.82 Å². The minimum Gasteiger partial charge on any atom is -0.450 e. The molecule has 0 saturated heterocycles. The van der Waals surface area contributed by atoms with Gasteiger partial charge >= 0.3 is 6.36 Å². The summed E-state index contributed by atoms with van der Waals surface area (Å²) in [5, 5.41) is 0. The van der Waals surface area contributed by atoms with Crippen LogP contribution in [0.3, 0.4) is 0 Å². The smallest absolute Gasteiger partial charge is 0.450 e. The van der Waals surface area contributed by atoms with Gasteiger partial charge in [0.05, 0.1) is 0 Å². The molecule has 105 valence electrons. The molecule has 0 bridgehead atoms. The maximum absolute atomic E-state index is 13.4. The monoisotopic (exact) mass is 289 g/mol. The van der Waals surface area contributed by atoms with Crippen LogP contribution in [0.25, 0.3) is 0 Å². The summed E-state index contributed by atoms with van der Waals surface area (Å²) in [5.41, 5.74) is 0. The summed E-state index contributed by atoms with van der Waals surface area (Å²) in [7, 11) is 0. The van der Waals surface area contributed by atoms with Crippen molar-refractivity contribution < 1.29 is 31.4 Å². The zero-order chi connectivity index (χ0) is 14.8. The van der Waals surface area contributed by atoms with Gasteiger partial charge in [0, 0.05) is 0 Å². The van der Waals surface area contributed by atoms with Crippen molar-refractivity contribution >= 4 is 0 Å². The third kappa shape index (κ3) is 3.37. The Morgan fingerprint density at radius 1 is 0.950 bits per heavy atom. The topological polar surface area (TPSA) is 18.5 Å². The van der Waals surface area contributed by atoms with Crippen LogP contribution in [-0.4, -0.2) is 6.36 Å². The SMILES string of the molecule is Fc1cccc(Oc2cc[c]cc2OC(F)(F)F)c1F. The second-order valence-corrected chi connectivity index (χ2v) is 3.57. The predicted octanol–water partition coefficient (Wildman–Crippen LogP) is 4.46. The van der Waals surface area contributed by atoms with Crippen LogP contribution in [0.1, 0.15) is 0 Å². The molecule has 0 aliphatic rings. The van der Waals surface area contributed by atoms with Crippen molar-refractivity contribution in [3.63, 3.8) is 0 Å². The Bertz CT molecular complexity index is 610. The van der Waals surface area contributed by atoms with E-state index in [9.17, 15) is 22.0 Å². The fourth-order valence-electron chi connectivity index (χ4n) is 1.37. The number of alkyl halides is 3. The molecule has 2 rings (SSSR count). The van der Waals surface area contributed by atoms with Gasteiger partial charge in [0.15, 0.2) is 23.1 Å². The molecule has 0 aromatic heterocycles. The Morgan fingerprint density at radius 2 is 1.70 bits per heavy atom. The molecule has 0 atom stereocenters. The Balaban J connectivity index is 2.32. The molecular formula is C13H6F5O2. The van der Waals surface area contributed by atoms with Crippen molar-refractivity contribution in [1.29, 1.82) is 0 Å². The lowest BCUT2D eigenvalue weighted by Gasteiger charge is -2.13. The van der Waals surface area contributed by atoms with E-state index in [0.29, 0.717) is 0 Å². The first kappa shape index (κ1) is 14.1. The molecule has 0 saturated carbocycles. The molecule has 0 aliphatic heterocycles. The average Bonchev–Trinajstić information content (AvgIpc) is 2.35. The highest BCUT2D eigenvalue weighted by molar-refractivity contribution is 5.42. The molecule has 0 amide bonds. The summed E-state index contributed by atoms with van der Waals surface area (Å²) in [6.07, 6.45) is -4.94. The molecule has 0 fully saturated rings. The second-order valence-electron chi connectivity index (χ2n) is 3.57. The Kier molecular flexibility index (Phi) is 3.78. The second kappa shape index (κ2) is 5.36. The molecule has 2 nitrogen and oxygen atoms in total. The number of rotatable bonds is 3. The molecule has 20 heavy (non-hydrogen) atoms. The van der Waals surface area contributed by atoms with Crippen molar-refractivity contribution in [1.82, 2.24) is 0 Å². The largest absolute Gasteiger partial charge is 0.573 e. The summed E-state index contributed by atoms with van der Waals surface area (Å²) in [6, 6.07) is 8.66. The molecule has 0 aliphatic carbocycles. The van der Waals surface area contributed by atoms with Crippen molar-refractivity contribution in [2.24, 2.45) is 0 Å². The zero-order valence-corrected chi connectivity index (χ0v) is 9.67. The van der Waals surface area contributed by atoms with Gasteiger partial charge in [0.1, 0.15) is 0 Å². The van der Waals surface area contributed by atoms with Crippen LogP contribution in [-0.2, 0) is 0 Å². The summed E-state index contributed by atoms with van der Waals surface area (Å²) < 4.78 is 71.5. The minimum absolute atomic E-state index is 0.412. The molecule has 0 unspecified atom stereocenters. The first-order chi connectivity index (χ1) is 9.37. The summed E-state index contributed by atoms with van der Waals surface area (Å²) >= 11 is 0. The van der Waals surface area contributed by atoms with Crippen LogP contribution in [0.4, 0.5) is 22.0 Å². The van der Waals surface area contributed by atoms with E-state index >= 15 is 0 Å². The van der Waals surface area contributed by atoms with Crippen LogP contribution < -0.4 is 9.47 Å². The van der Waals surface area contributed by atoms with Gasteiger partial charge in [-0.15, -0.1) is 13.2 Å². The van der Waals surface area contributed by atoms with Crippen molar-refractivity contribution in [2.75, 3.05) is 0 Å². The van der Waals surface area contributed by atoms with E-state index in [4.69, 9.17) is 4.74 Å². The maximum atomic E-state index is 13.4. The number of halogens is 5. The fraction of sp³-hybridized carbons (Fsp3) is 0.0769. The van der Waals surface area contributed by atoms with Crippen LogP contribution in [0, 0.1) is 17.7 Å². The lowest BCUT2D eigenvalue weighted by Crippen LogP contribution is -2.17. The Hall–Kier alpha value is -2.31. The maximum Gasteiger partial charge on any atom is 0.573 e. The first-order valence-electron chi connectivity index (χ1n) is 5.24. The molecule has 7 heteroatoms. The molecule has 0 heterocycles. The number of hydrogen-bond donors (Lipinski definition) is 0. The normalized spacial score (nSPS) is 11.2. The number of hydrogen-bond acceptors (Lipinski definition) is 2. The summed E-state index contributed by atoms with van der Waals surface area (Å²) in [6.45, 7) is 0. The van der Waals surface area contributed by atoms with Gasteiger partial charge in [-0.2, -0.15) is 4.39 Å². The van der Waals surface area contributed by atoms with Crippen molar-refractivity contribution in [3.05, 3.63) is 54.1 Å². The average molecular weight is 289 g/mol. The third-order valence-electron chi connectivity index (χ3n) is 2.15. The summed E-state index contributed by atoms with van der Waals surface area (Å²) in [4.78, 5) is 0. The van der Waals surface area contributed by atoms with Gasteiger partial charge in [-0.25, -0.2) is 4.39 Å². The fourth-order valence-corrected chi connectivity index (χ4v) is 1.37. The quantitative estimate of drug-likeness (QED) is 0.777.